The molecule has 0 aliphatic heterocycles. The molecular formula is C15H10NaO7. The minimum Gasteiger partial charge on any atom is -0.508 e. The third-order valence-electron chi connectivity index (χ3n) is 3.17. The topological polar surface area (TPSA) is 131 Å². The van der Waals surface area contributed by atoms with Crippen molar-refractivity contribution in [3.63, 3.8) is 0 Å². The Morgan fingerprint density at radius 2 is 1.52 bits per heavy atom. The smallest absolute Gasteiger partial charge is 0.238 e. The quantitative estimate of drug-likeness (QED) is 0.339. The summed E-state index contributed by atoms with van der Waals surface area (Å²) >= 11 is 0. The molecule has 3 rings (SSSR count). The van der Waals surface area contributed by atoms with Crippen LogP contribution in [0.2, 0.25) is 0 Å². The van der Waals surface area contributed by atoms with Crippen LogP contribution in [0.15, 0.2) is 39.5 Å². The summed E-state index contributed by atoms with van der Waals surface area (Å²) in [5, 5.41) is 47.6. The molecule has 2 aromatic carbocycles. The molecule has 0 spiro atoms. The maximum Gasteiger partial charge on any atom is 0.238 e. The number of hydrogen-bond donors (Lipinski definition) is 5. The molecule has 0 unspecified atom stereocenters. The molecule has 1 radical (unpaired) electrons. The number of aromatic hydroxyl groups is 5. The Hall–Kier alpha value is -2.35. The summed E-state index contributed by atoms with van der Waals surface area (Å²) in [6.45, 7) is 0. The van der Waals surface area contributed by atoms with Crippen molar-refractivity contribution < 1.29 is 29.9 Å². The van der Waals surface area contributed by atoms with Gasteiger partial charge < -0.3 is 29.9 Å². The van der Waals surface area contributed by atoms with Crippen LogP contribution in [0.25, 0.3) is 22.3 Å². The summed E-state index contributed by atoms with van der Waals surface area (Å²) < 4.78 is 5.35. The summed E-state index contributed by atoms with van der Waals surface area (Å²) in [4.78, 5) is 12.1. The van der Waals surface area contributed by atoms with Crippen molar-refractivity contribution in [3.05, 3.63) is 40.6 Å². The van der Waals surface area contributed by atoms with E-state index in [-0.39, 0.29) is 63.3 Å². The third-order valence-corrected chi connectivity index (χ3v) is 3.17. The normalized spacial score (nSPS) is 10.4. The van der Waals surface area contributed by atoms with Gasteiger partial charge in [-0.05, 0) is 18.2 Å². The maximum absolute atomic E-state index is 12.1. The molecule has 113 valence electrons. The molecule has 0 aliphatic carbocycles. The number of benzene rings is 2. The van der Waals surface area contributed by atoms with Gasteiger partial charge in [0.1, 0.15) is 22.5 Å². The molecule has 7 nitrogen and oxygen atoms in total. The van der Waals surface area contributed by atoms with Crippen molar-refractivity contribution in [1.29, 1.82) is 0 Å². The fourth-order valence-corrected chi connectivity index (χ4v) is 2.14. The van der Waals surface area contributed by atoms with E-state index in [4.69, 9.17) is 4.42 Å². The van der Waals surface area contributed by atoms with Gasteiger partial charge in [-0.25, -0.2) is 0 Å². The van der Waals surface area contributed by atoms with Gasteiger partial charge in [-0.3, -0.25) is 4.79 Å². The van der Waals surface area contributed by atoms with Gasteiger partial charge in [0.15, 0.2) is 17.3 Å². The van der Waals surface area contributed by atoms with E-state index in [9.17, 15) is 30.3 Å². The van der Waals surface area contributed by atoms with E-state index in [1.54, 1.807) is 0 Å². The minimum atomic E-state index is -0.888. The average Bonchev–Trinajstić information content (AvgIpc) is 2.45. The summed E-state index contributed by atoms with van der Waals surface area (Å²) in [6.07, 6.45) is 0. The van der Waals surface area contributed by atoms with Gasteiger partial charge in [0.2, 0.25) is 11.2 Å². The van der Waals surface area contributed by atoms with Crippen molar-refractivity contribution in [3.8, 4) is 40.1 Å². The number of hydrogen-bond acceptors (Lipinski definition) is 7. The summed E-state index contributed by atoms with van der Waals surface area (Å²) in [5.41, 5.74) is -0.890. The number of phenols is 4. The third kappa shape index (κ3) is 2.81. The molecule has 0 fully saturated rings. The van der Waals surface area contributed by atoms with E-state index in [0.29, 0.717) is 0 Å². The molecular weight excluding hydrogens is 315 g/mol. The number of phenolic OH excluding ortho intramolecular Hbond substituents is 4. The van der Waals surface area contributed by atoms with Crippen LogP contribution in [0, 0.1) is 0 Å². The monoisotopic (exact) mass is 325 g/mol. The van der Waals surface area contributed by atoms with Gasteiger partial charge in [0.25, 0.3) is 0 Å². The SMILES string of the molecule is O=c1c(O)c(-c2ccc(O)c(O)c2)oc2cc(O)cc(O)c12.[Na]. The zero-order valence-electron chi connectivity index (χ0n) is 11.9. The zero-order valence-corrected chi connectivity index (χ0v) is 13.9. The van der Waals surface area contributed by atoms with Crippen LogP contribution in [-0.2, 0) is 0 Å². The van der Waals surface area contributed by atoms with Crippen molar-refractivity contribution in [2.75, 3.05) is 0 Å². The first-order chi connectivity index (χ1) is 10.4. The molecule has 0 aliphatic rings. The van der Waals surface area contributed by atoms with Crippen LogP contribution >= 0.6 is 0 Å². The van der Waals surface area contributed by atoms with Gasteiger partial charge in [-0.2, -0.15) is 0 Å². The number of rotatable bonds is 1. The van der Waals surface area contributed by atoms with Gasteiger partial charge in [-0.15, -0.1) is 0 Å². The Morgan fingerprint density at radius 1 is 0.826 bits per heavy atom. The molecule has 23 heavy (non-hydrogen) atoms. The van der Waals surface area contributed by atoms with Crippen LogP contribution in [0.5, 0.6) is 28.7 Å². The summed E-state index contributed by atoms with van der Waals surface area (Å²) in [7, 11) is 0. The average molecular weight is 325 g/mol. The molecule has 0 saturated carbocycles. The molecule has 8 heteroatoms. The second kappa shape index (κ2) is 6.04. The predicted octanol–water partition coefficient (Wildman–Crippen LogP) is 1.61. The van der Waals surface area contributed by atoms with Crippen molar-refractivity contribution in [1.82, 2.24) is 0 Å². The molecule has 0 atom stereocenters. The van der Waals surface area contributed by atoms with Crippen LogP contribution in [0.3, 0.4) is 0 Å². The molecule has 5 N–H and O–H groups in total. The van der Waals surface area contributed by atoms with Crippen LogP contribution < -0.4 is 5.43 Å². The Balaban J connectivity index is 0.00000192. The first-order valence-corrected chi connectivity index (χ1v) is 6.12. The first kappa shape index (κ1) is 17.0. The predicted molar refractivity (Wildman–Crippen MR) is 82.0 cm³/mol. The fraction of sp³-hybridized carbons (Fsp3) is 0. The molecule has 0 saturated heterocycles. The van der Waals surface area contributed by atoms with Gasteiger partial charge in [0.05, 0.1) is 0 Å². The Kier molecular flexibility index (Phi) is 4.46. The standard InChI is InChI=1S/C15H10O7.Na/c16-7-4-10(19)12-11(5-7)22-15(14(21)13(12)20)6-1-2-8(17)9(18)3-6;/h1-5,16-19,21H;. The van der Waals surface area contributed by atoms with Crippen molar-refractivity contribution in [2.45, 2.75) is 0 Å². The number of fused-ring (bicyclic) bond motifs is 1. The van der Waals surface area contributed by atoms with Crippen molar-refractivity contribution >= 4 is 40.5 Å². The largest absolute Gasteiger partial charge is 0.508 e. The van der Waals surface area contributed by atoms with E-state index in [2.05, 4.69) is 0 Å². The summed E-state index contributed by atoms with van der Waals surface area (Å²) in [5.74, 6) is -2.71. The van der Waals surface area contributed by atoms with Crippen LogP contribution in [-0.4, -0.2) is 55.1 Å². The first-order valence-electron chi connectivity index (χ1n) is 6.12. The summed E-state index contributed by atoms with van der Waals surface area (Å²) in [6, 6.07) is 5.64. The molecule has 1 heterocycles. The molecule has 1 aromatic heterocycles. The van der Waals surface area contributed by atoms with E-state index in [1.807, 2.05) is 0 Å². The van der Waals surface area contributed by atoms with Gasteiger partial charge in [-0.1, -0.05) is 0 Å². The Bertz CT molecular complexity index is 962. The van der Waals surface area contributed by atoms with E-state index in [0.717, 1.165) is 24.3 Å². The molecule has 0 amide bonds. The van der Waals surface area contributed by atoms with E-state index >= 15 is 0 Å². The van der Waals surface area contributed by atoms with Gasteiger partial charge >= 0.3 is 0 Å². The maximum atomic E-state index is 12.1. The Morgan fingerprint density at radius 3 is 2.17 bits per heavy atom. The van der Waals surface area contributed by atoms with Gasteiger partial charge in [0, 0.05) is 47.3 Å². The molecule has 0 bridgehead atoms. The second-order valence-electron chi connectivity index (χ2n) is 4.65. The Labute approximate surface area is 151 Å². The molecule has 3 aromatic rings. The minimum absolute atomic E-state index is 0. The van der Waals surface area contributed by atoms with Crippen molar-refractivity contribution in [2.24, 2.45) is 0 Å². The van der Waals surface area contributed by atoms with Crippen LogP contribution in [0.4, 0.5) is 0 Å². The fourth-order valence-electron chi connectivity index (χ4n) is 2.14. The second-order valence-corrected chi connectivity index (χ2v) is 4.65. The van der Waals surface area contributed by atoms with E-state index in [1.165, 1.54) is 6.07 Å². The zero-order chi connectivity index (χ0) is 16.0. The van der Waals surface area contributed by atoms with Crippen LogP contribution in [0.1, 0.15) is 0 Å². The van der Waals surface area contributed by atoms with E-state index < -0.39 is 22.7 Å².